The molecule has 0 radical (unpaired) electrons. The minimum absolute atomic E-state index is 0.204. The van der Waals surface area contributed by atoms with E-state index >= 15 is 0 Å². The maximum Gasteiger partial charge on any atom is 0.306 e. The van der Waals surface area contributed by atoms with Gasteiger partial charge in [0.1, 0.15) is 19.6 Å². The van der Waals surface area contributed by atoms with Crippen molar-refractivity contribution in [3.8, 4) is 0 Å². The molecule has 0 aromatic rings. The zero-order valence-corrected chi connectivity index (χ0v) is 30.2. The van der Waals surface area contributed by atoms with Gasteiger partial charge in [-0.1, -0.05) is 20.8 Å². The number of nitrogens with zero attached hydrogens (tertiary/aromatic N) is 3. The van der Waals surface area contributed by atoms with Crippen molar-refractivity contribution in [2.75, 3.05) is 83.1 Å². The van der Waals surface area contributed by atoms with E-state index in [1.54, 1.807) is 6.92 Å². The van der Waals surface area contributed by atoms with Crippen LogP contribution >= 0.6 is 0 Å². The monoisotopic (exact) mass is 665 g/mol. The van der Waals surface area contributed by atoms with Crippen LogP contribution in [-0.2, 0) is 43.0 Å². The summed E-state index contributed by atoms with van der Waals surface area (Å²) in [6, 6.07) is 0. The highest BCUT2D eigenvalue weighted by atomic mass is 16.6. The number of carboxylic acids is 3. The van der Waals surface area contributed by atoms with Crippen molar-refractivity contribution < 1.29 is 71.7 Å². The fraction of sp³-hybridized carbons (Fsp3) is 0.806. The van der Waals surface area contributed by atoms with Crippen LogP contribution in [0.5, 0.6) is 0 Å². The molecule has 46 heavy (non-hydrogen) atoms. The number of carbonyl (C=O) groups is 6. The maximum absolute atomic E-state index is 11.5. The number of esters is 3. The van der Waals surface area contributed by atoms with Gasteiger partial charge in [-0.3, -0.25) is 14.4 Å². The number of carboxylic acid groups (broad SMARTS) is 3. The second-order valence-corrected chi connectivity index (χ2v) is 14.6. The van der Waals surface area contributed by atoms with E-state index in [1.807, 2.05) is 77.3 Å². The average Bonchev–Trinajstić information content (AvgIpc) is 2.73. The van der Waals surface area contributed by atoms with Crippen LogP contribution in [0, 0.1) is 5.92 Å². The fourth-order valence-electron chi connectivity index (χ4n) is 3.89. The molecule has 0 saturated heterocycles. The van der Waals surface area contributed by atoms with Gasteiger partial charge < -0.3 is 57.4 Å². The third-order valence-electron chi connectivity index (χ3n) is 5.23. The molecule has 0 fully saturated rings. The summed E-state index contributed by atoms with van der Waals surface area (Å²) in [5.41, 5.74) is 0. The van der Waals surface area contributed by atoms with Crippen molar-refractivity contribution in [3.05, 3.63) is 0 Å². The minimum Gasteiger partial charge on any atom is -0.550 e. The molecule has 0 bridgehead atoms. The second kappa shape index (κ2) is 22.3. The van der Waals surface area contributed by atoms with Crippen LogP contribution in [0.2, 0.25) is 0 Å². The van der Waals surface area contributed by atoms with Crippen LogP contribution in [-0.4, -0.2) is 151 Å². The van der Waals surface area contributed by atoms with Crippen LogP contribution in [0.4, 0.5) is 0 Å². The first-order chi connectivity index (χ1) is 20.5. The number of carbonyl (C=O) groups excluding carboxylic acids is 6. The lowest BCUT2D eigenvalue weighted by molar-refractivity contribution is -0.873. The van der Waals surface area contributed by atoms with Gasteiger partial charge in [-0.25, -0.2) is 0 Å². The van der Waals surface area contributed by atoms with Crippen molar-refractivity contribution in [1.82, 2.24) is 0 Å². The Morgan fingerprint density at radius 2 is 0.804 bits per heavy atom. The molecule has 0 heterocycles. The van der Waals surface area contributed by atoms with E-state index in [4.69, 9.17) is 14.2 Å². The minimum atomic E-state index is -1.20. The van der Waals surface area contributed by atoms with E-state index in [-0.39, 0.29) is 43.5 Å². The molecular weight excluding hydrogens is 606 g/mol. The highest BCUT2D eigenvalue weighted by Crippen LogP contribution is 2.09. The Morgan fingerprint density at radius 3 is 1.02 bits per heavy atom. The largest absolute Gasteiger partial charge is 0.550 e. The van der Waals surface area contributed by atoms with Crippen molar-refractivity contribution in [2.45, 2.75) is 78.1 Å². The summed E-state index contributed by atoms with van der Waals surface area (Å²) < 4.78 is 16.6. The van der Waals surface area contributed by atoms with Gasteiger partial charge in [0.05, 0.1) is 63.4 Å². The molecular formula is C31H59N3O12. The Hall–Kier alpha value is -3.30. The SMILES string of the molecule is CC(=O)O[C@H](CC(=O)[O-])C[N+](C)(C)C.CC(C)CC(=O)O[C@H](CC(=O)[O-])C[N+](C)(C)C.CCC(=O)O[C@H](CC(=O)[O-])C[N+](C)(C)C. The van der Waals surface area contributed by atoms with Gasteiger partial charge in [-0.15, -0.1) is 0 Å². The van der Waals surface area contributed by atoms with Crippen LogP contribution in [0.25, 0.3) is 0 Å². The molecule has 0 rings (SSSR count). The molecule has 3 atom stereocenters. The highest BCUT2D eigenvalue weighted by Gasteiger charge is 2.24. The summed E-state index contributed by atoms with van der Waals surface area (Å²) >= 11 is 0. The standard InChI is InChI=1S/C12H23NO4.C10H19NO4.C9H17NO4/c1-9(2)6-12(16)17-10(7-11(14)15)8-13(3,4)5;1-5-10(14)15-8(6-9(12)13)7-11(2,3)4;1-7(11)14-8(5-9(12)13)6-10(2,3)4/h9-10H,6-8H2,1-5H3;8H,5-7H2,1-4H3;8H,5-6H2,1-4H3/t10-;2*8-/m111/s1. The molecule has 0 saturated carbocycles. The van der Waals surface area contributed by atoms with E-state index in [9.17, 15) is 44.1 Å². The third-order valence-corrected chi connectivity index (χ3v) is 5.23. The molecule has 0 N–H and O–H groups in total. The smallest absolute Gasteiger partial charge is 0.306 e. The summed E-state index contributed by atoms with van der Waals surface area (Å²) in [6.07, 6.45) is -2.04. The van der Waals surface area contributed by atoms with E-state index in [0.717, 1.165) is 0 Å². The summed E-state index contributed by atoms with van der Waals surface area (Å²) in [7, 11) is 17.1. The number of hydrogen-bond acceptors (Lipinski definition) is 12. The molecule has 0 aliphatic heterocycles. The zero-order chi connectivity index (χ0) is 37.1. The number of likely N-dealkylation sites (N-methyl/N-ethyl adjacent to an activating group) is 3. The van der Waals surface area contributed by atoms with E-state index in [0.29, 0.717) is 39.5 Å². The first-order valence-corrected chi connectivity index (χ1v) is 15.1. The van der Waals surface area contributed by atoms with Crippen LogP contribution < -0.4 is 15.3 Å². The van der Waals surface area contributed by atoms with Gasteiger partial charge in [-0.2, -0.15) is 0 Å². The Bertz CT molecular complexity index is 947. The second-order valence-electron chi connectivity index (χ2n) is 14.6. The van der Waals surface area contributed by atoms with Crippen molar-refractivity contribution in [1.29, 1.82) is 0 Å². The van der Waals surface area contributed by atoms with Crippen LogP contribution in [0.3, 0.4) is 0 Å². The maximum atomic E-state index is 11.5. The number of aliphatic carboxylic acids is 3. The lowest BCUT2D eigenvalue weighted by Gasteiger charge is -2.29. The molecule has 0 aliphatic rings. The van der Waals surface area contributed by atoms with Gasteiger partial charge in [0.2, 0.25) is 0 Å². The number of quaternary nitrogens is 3. The predicted molar refractivity (Wildman–Crippen MR) is 163 cm³/mol. The van der Waals surface area contributed by atoms with Gasteiger partial charge in [0, 0.05) is 56.9 Å². The first-order valence-electron chi connectivity index (χ1n) is 15.1. The lowest BCUT2D eigenvalue weighted by atomic mass is 10.1. The number of rotatable bonds is 18. The lowest BCUT2D eigenvalue weighted by Crippen LogP contribution is -2.45. The molecule has 270 valence electrons. The Balaban J connectivity index is -0.000000606. The van der Waals surface area contributed by atoms with Crippen molar-refractivity contribution in [3.63, 3.8) is 0 Å². The van der Waals surface area contributed by atoms with Crippen LogP contribution in [0.1, 0.15) is 59.8 Å². The normalized spacial score (nSPS) is 13.4. The average molecular weight is 666 g/mol. The quantitative estimate of drug-likeness (QED) is 0.0864. The topological polar surface area (TPSA) is 199 Å². The summed E-state index contributed by atoms with van der Waals surface area (Å²) in [6.45, 7) is 8.12. The number of hydrogen-bond donors (Lipinski definition) is 0. The molecule has 15 nitrogen and oxygen atoms in total. The molecule has 0 aliphatic carbocycles. The van der Waals surface area contributed by atoms with Crippen molar-refractivity contribution >= 4 is 35.8 Å². The predicted octanol–water partition coefficient (Wildman–Crippen LogP) is -2.29. The summed E-state index contributed by atoms with van der Waals surface area (Å²) in [5, 5.41) is 31.4. The van der Waals surface area contributed by atoms with Gasteiger partial charge in [0.25, 0.3) is 0 Å². The fourth-order valence-corrected chi connectivity index (χ4v) is 3.89. The summed E-state index contributed by atoms with van der Waals surface area (Å²) in [5.74, 6) is -4.59. The Kier molecular flexibility index (Phi) is 22.8. The first kappa shape index (κ1) is 47.1. The zero-order valence-electron chi connectivity index (χ0n) is 30.2. The molecule has 15 heteroatoms. The van der Waals surface area contributed by atoms with Crippen molar-refractivity contribution in [2.24, 2.45) is 5.92 Å². The van der Waals surface area contributed by atoms with Gasteiger partial charge in [0.15, 0.2) is 18.3 Å². The summed E-state index contributed by atoms with van der Waals surface area (Å²) in [4.78, 5) is 64.6. The molecule has 0 amide bonds. The Morgan fingerprint density at radius 1 is 0.522 bits per heavy atom. The van der Waals surface area contributed by atoms with Gasteiger partial charge in [-0.05, 0) is 5.92 Å². The third kappa shape index (κ3) is 36.9. The van der Waals surface area contributed by atoms with Crippen LogP contribution in [0.15, 0.2) is 0 Å². The van der Waals surface area contributed by atoms with E-state index in [2.05, 4.69) is 0 Å². The van der Waals surface area contributed by atoms with E-state index < -0.39 is 42.2 Å². The Labute approximate surface area is 274 Å². The molecule has 0 aromatic carbocycles. The molecule has 0 spiro atoms. The molecule has 0 unspecified atom stereocenters. The highest BCUT2D eigenvalue weighted by molar-refractivity contribution is 5.71. The van der Waals surface area contributed by atoms with E-state index in [1.165, 1.54) is 6.92 Å². The van der Waals surface area contributed by atoms with Gasteiger partial charge >= 0.3 is 17.9 Å². The molecule has 0 aromatic heterocycles. The number of ether oxygens (including phenoxy) is 3.